The highest BCUT2D eigenvalue weighted by atomic mass is 32.1. The minimum Gasteiger partial charge on any atom is -0.496 e. The van der Waals surface area contributed by atoms with E-state index in [9.17, 15) is 0 Å². The quantitative estimate of drug-likeness (QED) is 0.707. The number of rotatable bonds is 3. The van der Waals surface area contributed by atoms with Crippen LogP contribution in [0.1, 0.15) is 18.1 Å². The maximum atomic E-state index is 5.19. The number of methoxy groups -OCH3 is 1. The Kier molecular flexibility index (Phi) is 3.48. The first-order valence-corrected chi connectivity index (χ1v) is 4.71. The number of aryl methyl sites for hydroxylation is 1. The van der Waals surface area contributed by atoms with Gasteiger partial charge in [0.1, 0.15) is 5.75 Å². The molecule has 2 heteroatoms. The van der Waals surface area contributed by atoms with Crippen molar-refractivity contribution >= 4 is 12.6 Å². The number of benzene rings is 1. The minimum atomic E-state index is 0.733. The molecule has 0 saturated heterocycles. The lowest BCUT2D eigenvalue weighted by molar-refractivity contribution is 0.411. The Hall–Kier alpha value is -0.630. The first kappa shape index (κ1) is 9.46. The number of ether oxygens (including phenoxy) is 1. The Morgan fingerprint density at radius 3 is 2.67 bits per heavy atom. The van der Waals surface area contributed by atoms with Gasteiger partial charge >= 0.3 is 0 Å². The molecule has 12 heavy (non-hydrogen) atoms. The first-order chi connectivity index (χ1) is 5.81. The predicted molar refractivity (Wildman–Crippen MR) is 55.1 cm³/mol. The van der Waals surface area contributed by atoms with Gasteiger partial charge < -0.3 is 4.74 Å². The van der Waals surface area contributed by atoms with Gasteiger partial charge in [0.15, 0.2) is 0 Å². The predicted octanol–water partition coefficient (Wildman–Crippen LogP) is 2.69. The van der Waals surface area contributed by atoms with E-state index >= 15 is 0 Å². The zero-order chi connectivity index (χ0) is 8.97. The van der Waals surface area contributed by atoms with Gasteiger partial charge in [0.25, 0.3) is 0 Å². The third-order valence-corrected chi connectivity index (χ3v) is 2.26. The SMILES string of the molecule is CCc1ccc(OC)c(CS)c1. The molecule has 0 amide bonds. The number of hydrogen-bond acceptors (Lipinski definition) is 2. The lowest BCUT2D eigenvalue weighted by Crippen LogP contribution is -1.91. The van der Waals surface area contributed by atoms with Crippen LogP contribution in [-0.2, 0) is 12.2 Å². The summed E-state index contributed by atoms with van der Waals surface area (Å²) in [5.41, 5.74) is 2.50. The molecule has 0 atom stereocenters. The van der Waals surface area contributed by atoms with E-state index in [1.54, 1.807) is 7.11 Å². The Morgan fingerprint density at radius 2 is 2.17 bits per heavy atom. The van der Waals surface area contributed by atoms with Crippen LogP contribution < -0.4 is 4.74 Å². The van der Waals surface area contributed by atoms with Crippen molar-refractivity contribution in [3.8, 4) is 5.75 Å². The van der Waals surface area contributed by atoms with E-state index in [1.807, 2.05) is 6.07 Å². The lowest BCUT2D eigenvalue weighted by atomic mass is 10.1. The Bertz CT molecular complexity index is 258. The van der Waals surface area contributed by atoms with Crippen LogP contribution in [0.25, 0.3) is 0 Å². The van der Waals surface area contributed by atoms with E-state index in [0.717, 1.165) is 17.9 Å². The van der Waals surface area contributed by atoms with Gasteiger partial charge in [0.05, 0.1) is 7.11 Å². The third kappa shape index (κ3) is 1.95. The topological polar surface area (TPSA) is 9.23 Å². The van der Waals surface area contributed by atoms with Crippen molar-refractivity contribution in [1.29, 1.82) is 0 Å². The molecule has 66 valence electrons. The second kappa shape index (κ2) is 4.41. The maximum Gasteiger partial charge on any atom is 0.122 e. The minimum absolute atomic E-state index is 0.733. The van der Waals surface area contributed by atoms with E-state index in [-0.39, 0.29) is 0 Å². The van der Waals surface area contributed by atoms with E-state index in [0.29, 0.717) is 0 Å². The Labute approximate surface area is 79.2 Å². The smallest absolute Gasteiger partial charge is 0.122 e. The summed E-state index contributed by atoms with van der Waals surface area (Å²) >= 11 is 4.24. The molecule has 0 aliphatic carbocycles. The number of hydrogen-bond donors (Lipinski definition) is 1. The fourth-order valence-corrected chi connectivity index (χ4v) is 1.42. The molecule has 1 nitrogen and oxygen atoms in total. The van der Waals surface area contributed by atoms with E-state index < -0.39 is 0 Å². The van der Waals surface area contributed by atoms with Gasteiger partial charge in [-0.15, -0.1) is 0 Å². The first-order valence-electron chi connectivity index (χ1n) is 4.08. The molecule has 0 spiro atoms. The van der Waals surface area contributed by atoms with Crippen LogP contribution in [-0.4, -0.2) is 7.11 Å². The van der Waals surface area contributed by atoms with Crippen LogP contribution in [0.3, 0.4) is 0 Å². The maximum absolute atomic E-state index is 5.19. The molecule has 0 aliphatic rings. The van der Waals surface area contributed by atoms with Crippen LogP contribution in [0.15, 0.2) is 18.2 Å². The Morgan fingerprint density at radius 1 is 1.42 bits per heavy atom. The molecule has 1 rings (SSSR count). The van der Waals surface area contributed by atoms with Gasteiger partial charge in [-0.05, 0) is 18.1 Å². The number of thiol groups is 1. The molecular formula is C10H14OS. The molecule has 0 unspecified atom stereocenters. The van der Waals surface area contributed by atoms with Gasteiger partial charge in [-0.3, -0.25) is 0 Å². The summed E-state index contributed by atoms with van der Waals surface area (Å²) in [6, 6.07) is 6.24. The summed E-state index contributed by atoms with van der Waals surface area (Å²) in [6.07, 6.45) is 1.06. The second-order valence-electron chi connectivity index (χ2n) is 2.66. The molecular weight excluding hydrogens is 168 g/mol. The van der Waals surface area contributed by atoms with E-state index in [2.05, 4.69) is 31.7 Å². The summed E-state index contributed by atoms with van der Waals surface area (Å²) in [5.74, 6) is 1.67. The zero-order valence-corrected chi connectivity index (χ0v) is 8.40. The highest BCUT2D eigenvalue weighted by molar-refractivity contribution is 7.79. The molecule has 0 radical (unpaired) electrons. The average molecular weight is 182 g/mol. The monoisotopic (exact) mass is 182 g/mol. The van der Waals surface area contributed by atoms with Gasteiger partial charge in [-0.1, -0.05) is 19.1 Å². The zero-order valence-electron chi connectivity index (χ0n) is 7.50. The van der Waals surface area contributed by atoms with Crippen LogP contribution >= 0.6 is 12.6 Å². The van der Waals surface area contributed by atoms with Crippen molar-refractivity contribution in [1.82, 2.24) is 0 Å². The molecule has 0 N–H and O–H groups in total. The fraction of sp³-hybridized carbons (Fsp3) is 0.400. The summed E-state index contributed by atoms with van der Waals surface area (Å²) in [5, 5.41) is 0. The summed E-state index contributed by atoms with van der Waals surface area (Å²) in [7, 11) is 1.69. The molecule has 0 bridgehead atoms. The Balaban J connectivity index is 3.02. The standard InChI is InChI=1S/C10H14OS/c1-3-8-4-5-10(11-2)9(6-8)7-12/h4-6,12H,3,7H2,1-2H3. The molecule has 1 aromatic rings. The lowest BCUT2D eigenvalue weighted by Gasteiger charge is -2.07. The second-order valence-corrected chi connectivity index (χ2v) is 2.97. The van der Waals surface area contributed by atoms with E-state index in [1.165, 1.54) is 11.1 Å². The van der Waals surface area contributed by atoms with Crippen molar-refractivity contribution in [2.24, 2.45) is 0 Å². The molecule has 0 aromatic heterocycles. The molecule has 0 aliphatic heterocycles. The normalized spacial score (nSPS) is 9.92. The third-order valence-electron chi connectivity index (χ3n) is 1.92. The molecule has 1 aromatic carbocycles. The van der Waals surface area contributed by atoms with Crippen molar-refractivity contribution in [3.05, 3.63) is 29.3 Å². The van der Waals surface area contributed by atoms with Crippen molar-refractivity contribution in [3.63, 3.8) is 0 Å². The highest BCUT2D eigenvalue weighted by Crippen LogP contribution is 2.21. The van der Waals surface area contributed by atoms with Crippen LogP contribution in [0.2, 0.25) is 0 Å². The van der Waals surface area contributed by atoms with Crippen molar-refractivity contribution in [2.75, 3.05) is 7.11 Å². The average Bonchev–Trinajstić information content (AvgIpc) is 2.16. The van der Waals surface area contributed by atoms with Crippen LogP contribution in [0, 0.1) is 0 Å². The fourth-order valence-electron chi connectivity index (χ4n) is 1.18. The summed E-state index contributed by atoms with van der Waals surface area (Å²) < 4.78 is 5.19. The van der Waals surface area contributed by atoms with E-state index in [4.69, 9.17) is 4.74 Å². The largest absolute Gasteiger partial charge is 0.496 e. The van der Waals surface area contributed by atoms with Crippen LogP contribution in [0.4, 0.5) is 0 Å². The van der Waals surface area contributed by atoms with Crippen molar-refractivity contribution in [2.45, 2.75) is 19.1 Å². The summed E-state index contributed by atoms with van der Waals surface area (Å²) in [4.78, 5) is 0. The molecule has 0 heterocycles. The van der Waals surface area contributed by atoms with Crippen molar-refractivity contribution < 1.29 is 4.74 Å². The van der Waals surface area contributed by atoms with Gasteiger partial charge in [0, 0.05) is 11.3 Å². The molecule has 0 fully saturated rings. The van der Waals surface area contributed by atoms with Gasteiger partial charge in [-0.2, -0.15) is 12.6 Å². The van der Waals surface area contributed by atoms with Crippen LogP contribution in [0.5, 0.6) is 5.75 Å². The summed E-state index contributed by atoms with van der Waals surface area (Å²) in [6.45, 7) is 2.14. The highest BCUT2D eigenvalue weighted by Gasteiger charge is 2.00. The van der Waals surface area contributed by atoms with Gasteiger partial charge in [0.2, 0.25) is 0 Å². The van der Waals surface area contributed by atoms with Gasteiger partial charge in [-0.25, -0.2) is 0 Å². The molecule has 0 saturated carbocycles.